The lowest BCUT2D eigenvalue weighted by Gasteiger charge is -2.22. The highest BCUT2D eigenvalue weighted by molar-refractivity contribution is 5.89. The molecule has 172 valence electrons. The number of anilines is 1. The van der Waals surface area contributed by atoms with Gasteiger partial charge < -0.3 is 14.7 Å². The van der Waals surface area contributed by atoms with Crippen LogP contribution in [0, 0.1) is 0 Å². The van der Waals surface area contributed by atoms with Gasteiger partial charge in [-0.3, -0.25) is 4.99 Å². The first-order valence-electron chi connectivity index (χ1n) is 10.5. The number of aliphatic hydroxyl groups excluding tert-OH is 1. The molecule has 4 rings (SSSR count). The van der Waals surface area contributed by atoms with Crippen molar-refractivity contribution in [2.75, 3.05) is 25.0 Å². The Kier molecular flexibility index (Phi) is 6.60. The Bertz CT molecular complexity index is 1130. The number of ether oxygens (including phenoxy) is 1. The Hall–Kier alpha value is -3.46. The lowest BCUT2D eigenvalue weighted by atomic mass is 10.0. The highest BCUT2D eigenvalue weighted by Gasteiger charge is 2.31. The third-order valence-electron chi connectivity index (χ3n) is 5.44. The van der Waals surface area contributed by atoms with E-state index < -0.39 is 11.7 Å². The zero-order valence-corrected chi connectivity index (χ0v) is 18.0. The smallest absolute Gasteiger partial charge is 0.417 e. The topological polar surface area (TPSA) is 70.8 Å². The molecular weight excluding hydrogens is 433 g/mol. The van der Waals surface area contributed by atoms with Crippen LogP contribution in [0.5, 0.6) is 5.88 Å². The molecule has 6 nitrogen and oxygen atoms in total. The number of aromatic nitrogens is 2. The van der Waals surface area contributed by atoms with E-state index in [0.29, 0.717) is 25.2 Å². The minimum absolute atomic E-state index is 0.153. The quantitative estimate of drug-likeness (QED) is 0.558. The summed E-state index contributed by atoms with van der Waals surface area (Å²) in [5, 5.41) is 9.97. The van der Waals surface area contributed by atoms with Gasteiger partial charge in [0.25, 0.3) is 0 Å². The van der Waals surface area contributed by atoms with Crippen LogP contribution < -0.4 is 9.64 Å². The lowest BCUT2D eigenvalue weighted by molar-refractivity contribution is -0.137. The second kappa shape index (κ2) is 9.58. The summed E-state index contributed by atoms with van der Waals surface area (Å²) in [5.74, 6) is 0.153. The van der Waals surface area contributed by atoms with Gasteiger partial charge in [-0.2, -0.15) is 13.2 Å². The second-order valence-electron chi connectivity index (χ2n) is 7.65. The Morgan fingerprint density at radius 3 is 2.70 bits per heavy atom. The number of benzene rings is 1. The van der Waals surface area contributed by atoms with E-state index in [1.165, 1.54) is 6.07 Å². The van der Waals surface area contributed by atoms with Gasteiger partial charge in [0.1, 0.15) is 6.10 Å². The number of alkyl halides is 3. The molecule has 0 aliphatic carbocycles. The van der Waals surface area contributed by atoms with Crippen LogP contribution in [-0.4, -0.2) is 47.5 Å². The van der Waals surface area contributed by atoms with Crippen molar-refractivity contribution < 1.29 is 23.0 Å². The summed E-state index contributed by atoms with van der Waals surface area (Å²) >= 11 is 0. The number of hydrogen-bond acceptors (Lipinski definition) is 6. The predicted octanol–water partition coefficient (Wildman–Crippen LogP) is 4.36. The van der Waals surface area contributed by atoms with E-state index in [2.05, 4.69) is 19.9 Å². The zero-order valence-electron chi connectivity index (χ0n) is 18.0. The highest BCUT2D eigenvalue weighted by atomic mass is 19.4. The Morgan fingerprint density at radius 2 is 2.00 bits per heavy atom. The fourth-order valence-electron chi connectivity index (χ4n) is 3.86. The fourth-order valence-corrected chi connectivity index (χ4v) is 3.86. The van der Waals surface area contributed by atoms with Crippen LogP contribution in [0.1, 0.15) is 23.2 Å². The molecule has 0 spiro atoms. The normalized spacial score (nSPS) is 16.5. The maximum absolute atomic E-state index is 12.7. The number of hydrogen-bond donors (Lipinski definition) is 1. The molecule has 1 N–H and O–H groups in total. The third kappa shape index (κ3) is 5.14. The molecule has 1 atom stereocenters. The zero-order chi connectivity index (χ0) is 23.4. The molecule has 0 unspecified atom stereocenters. The molecular formula is C24H23F3N4O2. The number of aliphatic imine (C=N–C) groups is 1. The molecule has 0 radical (unpaired) electrons. The summed E-state index contributed by atoms with van der Waals surface area (Å²) in [6.07, 6.45) is -1.46. The molecule has 1 saturated heterocycles. The summed E-state index contributed by atoms with van der Waals surface area (Å²) in [4.78, 5) is 14.6. The van der Waals surface area contributed by atoms with Crippen molar-refractivity contribution in [3.63, 3.8) is 0 Å². The minimum Gasteiger partial charge on any atom is -0.472 e. The van der Waals surface area contributed by atoms with Gasteiger partial charge in [0.05, 0.1) is 35.8 Å². The highest BCUT2D eigenvalue weighted by Crippen LogP contribution is 2.31. The largest absolute Gasteiger partial charge is 0.472 e. The van der Waals surface area contributed by atoms with Gasteiger partial charge in [-0.25, -0.2) is 9.97 Å². The van der Waals surface area contributed by atoms with Gasteiger partial charge in [0.15, 0.2) is 0 Å². The SMILES string of the molecule is C/N=C/c1ccccc1-c1ccc(N2CC[C@H](Oc3ccc(C(F)(F)F)cn3)C2)c(CO)n1. The molecule has 1 aromatic carbocycles. The molecule has 1 aliphatic heterocycles. The summed E-state index contributed by atoms with van der Waals surface area (Å²) in [5.41, 5.74) is 3.12. The van der Waals surface area contributed by atoms with E-state index in [1.807, 2.05) is 36.4 Å². The minimum atomic E-state index is -4.43. The standard InChI is InChI=1S/C24H23F3N4O2/c1-28-12-16-4-2-3-5-19(16)20-7-8-22(21(15-32)30-20)31-11-10-18(14-31)33-23-9-6-17(13-29-23)24(25,26)27/h2-9,12-13,18,32H,10-11,14-15H2,1H3/b28-12+/t18-/m0/s1. The molecule has 0 bridgehead atoms. The predicted molar refractivity (Wildman–Crippen MR) is 120 cm³/mol. The van der Waals surface area contributed by atoms with Gasteiger partial charge in [0.2, 0.25) is 5.88 Å². The van der Waals surface area contributed by atoms with Crippen LogP contribution in [0.4, 0.5) is 18.9 Å². The van der Waals surface area contributed by atoms with Crippen LogP contribution in [0.25, 0.3) is 11.3 Å². The van der Waals surface area contributed by atoms with Crippen LogP contribution in [-0.2, 0) is 12.8 Å². The van der Waals surface area contributed by atoms with Crippen LogP contribution in [0.3, 0.4) is 0 Å². The average Bonchev–Trinajstić information content (AvgIpc) is 3.27. The Balaban J connectivity index is 1.49. The monoisotopic (exact) mass is 456 g/mol. The van der Waals surface area contributed by atoms with Gasteiger partial charge >= 0.3 is 6.18 Å². The van der Waals surface area contributed by atoms with E-state index in [4.69, 9.17) is 4.74 Å². The van der Waals surface area contributed by atoms with Crippen molar-refractivity contribution in [1.29, 1.82) is 0 Å². The number of pyridine rings is 2. The van der Waals surface area contributed by atoms with Crippen molar-refractivity contribution >= 4 is 11.9 Å². The first kappa shape index (κ1) is 22.7. The fraction of sp³-hybridized carbons (Fsp3) is 0.292. The van der Waals surface area contributed by atoms with Crippen LogP contribution in [0.15, 0.2) is 59.7 Å². The third-order valence-corrected chi connectivity index (χ3v) is 5.44. The van der Waals surface area contributed by atoms with E-state index in [0.717, 1.165) is 34.8 Å². The summed E-state index contributed by atoms with van der Waals surface area (Å²) < 4.78 is 43.9. The van der Waals surface area contributed by atoms with E-state index >= 15 is 0 Å². The van der Waals surface area contributed by atoms with Crippen molar-refractivity contribution in [3.05, 3.63) is 71.5 Å². The van der Waals surface area contributed by atoms with Crippen molar-refractivity contribution in [3.8, 4) is 17.1 Å². The Morgan fingerprint density at radius 1 is 1.18 bits per heavy atom. The van der Waals surface area contributed by atoms with Gasteiger partial charge in [-0.1, -0.05) is 24.3 Å². The lowest BCUT2D eigenvalue weighted by Crippen LogP contribution is -2.26. The molecule has 0 saturated carbocycles. The molecule has 0 amide bonds. The van der Waals surface area contributed by atoms with Crippen molar-refractivity contribution in [1.82, 2.24) is 9.97 Å². The molecule has 9 heteroatoms. The van der Waals surface area contributed by atoms with E-state index in [-0.39, 0.29) is 18.6 Å². The second-order valence-corrected chi connectivity index (χ2v) is 7.65. The summed E-state index contributed by atoms with van der Waals surface area (Å²) in [7, 11) is 1.71. The molecule has 3 heterocycles. The average molecular weight is 456 g/mol. The maximum atomic E-state index is 12.7. The number of halogens is 3. The van der Waals surface area contributed by atoms with Gasteiger partial charge in [-0.05, 0) is 18.2 Å². The van der Waals surface area contributed by atoms with Gasteiger partial charge in [-0.15, -0.1) is 0 Å². The number of rotatable bonds is 6. The van der Waals surface area contributed by atoms with Gasteiger partial charge in [0, 0.05) is 49.6 Å². The number of aliphatic hydroxyl groups is 1. The van der Waals surface area contributed by atoms with Crippen molar-refractivity contribution in [2.45, 2.75) is 25.3 Å². The van der Waals surface area contributed by atoms with E-state index in [1.54, 1.807) is 13.3 Å². The molecule has 33 heavy (non-hydrogen) atoms. The first-order chi connectivity index (χ1) is 15.9. The first-order valence-corrected chi connectivity index (χ1v) is 10.5. The van der Waals surface area contributed by atoms with Crippen molar-refractivity contribution in [2.24, 2.45) is 4.99 Å². The summed E-state index contributed by atoms with van der Waals surface area (Å²) in [6, 6.07) is 13.8. The van der Waals surface area contributed by atoms with Crippen LogP contribution >= 0.6 is 0 Å². The Labute approximate surface area is 189 Å². The molecule has 1 fully saturated rings. The maximum Gasteiger partial charge on any atom is 0.417 e. The molecule has 1 aliphatic rings. The number of nitrogens with zero attached hydrogens (tertiary/aromatic N) is 4. The van der Waals surface area contributed by atoms with E-state index in [9.17, 15) is 18.3 Å². The van der Waals surface area contributed by atoms with Crippen LogP contribution in [0.2, 0.25) is 0 Å². The molecule has 2 aromatic heterocycles. The summed E-state index contributed by atoms with van der Waals surface area (Å²) in [6.45, 7) is 0.948. The molecule has 3 aromatic rings.